The highest BCUT2D eigenvalue weighted by atomic mass is 16.5. The molecule has 0 atom stereocenters. The Hall–Kier alpha value is -1.39. The number of nitrogens with two attached hydrogens (primary N) is 1. The summed E-state index contributed by atoms with van der Waals surface area (Å²) in [6, 6.07) is 5.38. The third kappa shape index (κ3) is 3.32. The van der Waals surface area contributed by atoms with Crippen LogP contribution in [0.3, 0.4) is 0 Å². The molecule has 0 aromatic heterocycles. The van der Waals surface area contributed by atoms with Crippen LogP contribution in [0.2, 0.25) is 0 Å². The topological polar surface area (TPSA) is 61.5 Å². The van der Waals surface area contributed by atoms with E-state index in [9.17, 15) is 4.79 Å². The molecule has 0 spiro atoms. The van der Waals surface area contributed by atoms with Gasteiger partial charge in [0.15, 0.2) is 5.78 Å². The normalized spacial score (nSPS) is 10.2. The minimum absolute atomic E-state index is 0.0266. The molecule has 1 aromatic rings. The molecule has 0 aliphatic carbocycles. The second-order valence-electron chi connectivity index (χ2n) is 3.46. The van der Waals surface area contributed by atoms with Crippen LogP contribution in [0.25, 0.3) is 0 Å². The lowest BCUT2D eigenvalue weighted by atomic mass is 10.0. The molecular formula is C12H17NO3. The first kappa shape index (κ1) is 12.7. The highest BCUT2D eigenvalue weighted by molar-refractivity contribution is 5.96. The number of benzene rings is 1. The van der Waals surface area contributed by atoms with Crippen molar-refractivity contribution in [1.82, 2.24) is 0 Å². The van der Waals surface area contributed by atoms with Crippen molar-refractivity contribution < 1.29 is 14.3 Å². The lowest BCUT2D eigenvalue weighted by Crippen LogP contribution is -2.08. The van der Waals surface area contributed by atoms with E-state index < -0.39 is 0 Å². The molecule has 0 unspecified atom stereocenters. The van der Waals surface area contributed by atoms with Gasteiger partial charge >= 0.3 is 0 Å². The SMILES string of the molecule is COCc1cc(OC)cc(C(=O)CCN)c1. The maximum absolute atomic E-state index is 11.7. The standard InChI is InChI=1S/C12H17NO3/c1-15-8-9-5-10(12(14)3-4-13)7-11(6-9)16-2/h5-7H,3-4,8,13H2,1-2H3. The van der Waals surface area contributed by atoms with Gasteiger partial charge < -0.3 is 15.2 Å². The number of ether oxygens (including phenoxy) is 2. The zero-order valence-electron chi connectivity index (χ0n) is 9.66. The fourth-order valence-electron chi connectivity index (χ4n) is 1.46. The Labute approximate surface area is 95.3 Å². The van der Waals surface area contributed by atoms with E-state index in [1.807, 2.05) is 12.1 Å². The van der Waals surface area contributed by atoms with Crippen LogP contribution in [0, 0.1) is 0 Å². The molecule has 0 bridgehead atoms. The quantitative estimate of drug-likeness (QED) is 0.740. The van der Waals surface area contributed by atoms with Crippen molar-refractivity contribution in [2.45, 2.75) is 13.0 Å². The van der Waals surface area contributed by atoms with Gasteiger partial charge in [-0.1, -0.05) is 0 Å². The molecule has 4 nitrogen and oxygen atoms in total. The van der Waals surface area contributed by atoms with Crippen molar-refractivity contribution in [1.29, 1.82) is 0 Å². The predicted octanol–water partition coefficient (Wildman–Crippen LogP) is 1.37. The second kappa shape index (κ2) is 6.25. The zero-order chi connectivity index (χ0) is 12.0. The van der Waals surface area contributed by atoms with Gasteiger partial charge in [-0.15, -0.1) is 0 Å². The number of Topliss-reactive ketones (excluding diaryl/α,β-unsaturated/α-hetero) is 1. The number of rotatable bonds is 6. The average Bonchev–Trinajstić information content (AvgIpc) is 2.29. The summed E-state index contributed by atoms with van der Waals surface area (Å²) in [5.41, 5.74) is 6.90. The first-order valence-corrected chi connectivity index (χ1v) is 5.11. The summed E-state index contributed by atoms with van der Waals surface area (Å²) in [4.78, 5) is 11.7. The van der Waals surface area contributed by atoms with E-state index >= 15 is 0 Å². The van der Waals surface area contributed by atoms with Gasteiger partial charge in [0.1, 0.15) is 5.75 Å². The highest BCUT2D eigenvalue weighted by Crippen LogP contribution is 2.18. The van der Waals surface area contributed by atoms with Crippen LogP contribution in [0.5, 0.6) is 5.75 Å². The minimum atomic E-state index is 0.0266. The fourth-order valence-corrected chi connectivity index (χ4v) is 1.46. The van der Waals surface area contributed by atoms with Crippen LogP contribution in [-0.2, 0) is 11.3 Å². The highest BCUT2D eigenvalue weighted by Gasteiger charge is 2.08. The Morgan fingerprint density at radius 2 is 2.06 bits per heavy atom. The monoisotopic (exact) mass is 223 g/mol. The first-order chi connectivity index (χ1) is 7.71. The lowest BCUT2D eigenvalue weighted by Gasteiger charge is -2.07. The molecule has 0 aliphatic heterocycles. The molecule has 0 saturated heterocycles. The second-order valence-corrected chi connectivity index (χ2v) is 3.46. The summed E-state index contributed by atoms with van der Waals surface area (Å²) >= 11 is 0. The number of carbonyl (C=O) groups excluding carboxylic acids is 1. The van der Waals surface area contributed by atoms with Crippen molar-refractivity contribution >= 4 is 5.78 Å². The molecule has 1 aromatic carbocycles. The largest absolute Gasteiger partial charge is 0.497 e. The van der Waals surface area contributed by atoms with Gasteiger partial charge in [0.05, 0.1) is 13.7 Å². The molecule has 0 heterocycles. The number of hydrogen-bond donors (Lipinski definition) is 1. The van der Waals surface area contributed by atoms with Crippen molar-refractivity contribution in [2.75, 3.05) is 20.8 Å². The van der Waals surface area contributed by atoms with Gasteiger partial charge in [-0.25, -0.2) is 0 Å². The molecule has 0 fully saturated rings. The van der Waals surface area contributed by atoms with E-state index in [2.05, 4.69) is 0 Å². The maximum atomic E-state index is 11.7. The Kier molecular flexibility index (Phi) is 4.95. The molecule has 4 heteroatoms. The molecule has 16 heavy (non-hydrogen) atoms. The summed E-state index contributed by atoms with van der Waals surface area (Å²) < 4.78 is 10.2. The zero-order valence-corrected chi connectivity index (χ0v) is 9.66. The predicted molar refractivity (Wildman–Crippen MR) is 61.7 cm³/mol. The molecule has 88 valence electrons. The van der Waals surface area contributed by atoms with Crippen LogP contribution in [0.1, 0.15) is 22.3 Å². The van der Waals surface area contributed by atoms with E-state index in [0.29, 0.717) is 30.9 Å². The van der Waals surface area contributed by atoms with Crippen molar-refractivity contribution in [3.05, 3.63) is 29.3 Å². The Balaban J connectivity index is 2.98. The molecule has 1 rings (SSSR count). The van der Waals surface area contributed by atoms with E-state index in [0.717, 1.165) is 5.56 Å². The third-order valence-electron chi connectivity index (χ3n) is 2.21. The smallest absolute Gasteiger partial charge is 0.164 e. The van der Waals surface area contributed by atoms with E-state index in [1.54, 1.807) is 20.3 Å². The summed E-state index contributed by atoms with van der Waals surface area (Å²) in [6.45, 7) is 0.815. The van der Waals surface area contributed by atoms with Gasteiger partial charge in [0.25, 0.3) is 0 Å². The summed E-state index contributed by atoms with van der Waals surface area (Å²) in [7, 11) is 3.18. The fraction of sp³-hybridized carbons (Fsp3) is 0.417. The lowest BCUT2D eigenvalue weighted by molar-refractivity contribution is 0.0984. The van der Waals surface area contributed by atoms with Crippen LogP contribution in [-0.4, -0.2) is 26.5 Å². The molecule has 0 saturated carbocycles. The molecule has 0 aliphatic rings. The maximum Gasteiger partial charge on any atom is 0.164 e. The summed E-state index contributed by atoms with van der Waals surface area (Å²) in [5, 5.41) is 0. The van der Waals surface area contributed by atoms with Crippen molar-refractivity contribution in [3.8, 4) is 5.75 Å². The Bertz CT molecular complexity index is 363. The number of methoxy groups -OCH3 is 2. The molecule has 0 amide bonds. The van der Waals surface area contributed by atoms with Gasteiger partial charge in [-0.3, -0.25) is 4.79 Å². The average molecular weight is 223 g/mol. The van der Waals surface area contributed by atoms with Crippen LogP contribution >= 0.6 is 0 Å². The van der Waals surface area contributed by atoms with Crippen molar-refractivity contribution in [3.63, 3.8) is 0 Å². The van der Waals surface area contributed by atoms with Crippen LogP contribution in [0.15, 0.2) is 18.2 Å². The Morgan fingerprint density at radius 1 is 1.31 bits per heavy atom. The minimum Gasteiger partial charge on any atom is -0.497 e. The van der Waals surface area contributed by atoms with Gasteiger partial charge in [0.2, 0.25) is 0 Å². The number of ketones is 1. The summed E-state index contributed by atoms with van der Waals surface area (Å²) in [6.07, 6.45) is 0.347. The van der Waals surface area contributed by atoms with Gasteiger partial charge in [0, 0.05) is 19.1 Å². The van der Waals surface area contributed by atoms with E-state index in [1.165, 1.54) is 0 Å². The van der Waals surface area contributed by atoms with Crippen LogP contribution < -0.4 is 10.5 Å². The van der Waals surface area contributed by atoms with Gasteiger partial charge in [-0.2, -0.15) is 0 Å². The first-order valence-electron chi connectivity index (χ1n) is 5.11. The van der Waals surface area contributed by atoms with Crippen LogP contribution in [0.4, 0.5) is 0 Å². The third-order valence-corrected chi connectivity index (χ3v) is 2.21. The van der Waals surface area contributed by atoms with E-state index in [4.69, 9.17) is 15.2 Å². The van der Waals surface area contributed by atoms with Gasteiger partial charge in [-0.05, 0) is 30.3 Å². The Morgan fingerprint density at radius 3 is 2.62 bits per heavy atom. The number of carbonyl (C=O) groups is 1. The molecule has 2 N–H and O–H groups in total. The molecule has 0 radical (unpaired) electrons. The summed E-state index contributed by atoms with van der Waals surface area (Å²) in [5.74, 6) is 0.689. The number of hydrogen-bond acceptors (Lipinski definition) is 4. The van der Waals surface area contributed by atoms with E-state index in [-0.39, 0.29) is 5.78 Å². The van der Waals surface area contributed by atoms with Crippen molar-refractivity contribution in [2.24, 2.45) is 5.73 Å². The molecular weight excluding hydrogens is 206 g/mol.